The second kappa shape index (κ2) is 6.77. The van der Waals surface area contributed by atoms with Gasteiger partial charge in [0.15, 0.2) is 9.84 Å². The summed E-state index contributed by atoms with van der Waals surface area (Å²) in [5.41, 5.74) is 1.08. The molecule has 0 saturated carbocycles. The van der Waals surface area contributed by atoms with Gasteiger partial charge in [0.05, 0.1) is 11.5 Å². The zero-order valence-electron chi connectivity index (χ0n) is 11.4. The van der Waals surface area contributed by atoms with Gasteiger partial charge in [-0.1, -0.05) is 33.6 Å². The van der Waals surface area contributed by atoms with Gasteiger partial charge in [0.25, 0.3) is 0 Å². The molecule has 3 nitrogen and oxygen atoms in total. The van der Waals surface area contributed by atoms with Crippen molar-refractivity contribution in [1.82, 2.24) is 5.32 Å². The van der Waals surface area contributed by atoms with Gasteiger partial charge in [-0.2, -0.15) is 0 Å². The molecule has 2 unspecified atom stereocenters. The van der Waals surface area contributed by atoms with Crippen LogP contribution < -0.4 is 5.32 Å². The average Bonchev–Trinajstić information content (AvgIpc) is 2.72. The first-order chi connectivity index (χ1) is 9.41. The predicted molar refractivity (Wildman–Crippen MR) is 87.0 cm³/mol. The molecule has 112 valence electrons. The minimum Gasteiger partial charge on any atom is -0.319 e. The molecule has 6 heteroatoms. The van der Waals surface area contributed by atoms with Crippen molar-refractivity contribution < 1.29 is 8.42 Å². The van der Waals surface area contributed by atoms with Crippen LogP contribution in [-0.4, -0.2) is 33.5 Å². The number of hydrogen-bond acceptors (Lipinski definition) is 3. The maximum atomic E-state index is 11.7. The van der Waals surface area contributed by atoms with Crippen molar-refractivity contribution in [3.05, 3.63) is 33.3 Å². The molecule has 0 bridgehead atoms. The number of benzene rings is 1. The van der Waals surface area contributed by atoms with E-state index in [0.29, 0.717) is 17.4 Å². The van der Waals surface area contributed by atoms with Crippen LogP contribution in [-0.2, 0) is 16.3 Å². The summed E-state index contributed by atoms with van der Waals surface area (Å²) in [6.07, 6.45) is 1.58. The lowest BCUT2D eigenvalue weighted by Crippen LogP contribution is -2.28. The zero-order chi connectivity index (χ0) is 14.8. The first-order valence-electron chi connectivity index (χ1n) is 6.70. The van der Waals surface area contributed by atoms with Crippen molar-refractivity contribution in [3.8, 4) is 0 Å². The van der Waals surface area contributed by atoms with Crippen LogP contribution in [0.5, 0.6) is 0 Å². The van der Waals surface area contributed by atoms with E-state index in [0.717, 1.165) is 34.4 Å². The summed E-state index contributed by atoms with van der Waals surface area (Å²) in [5.74, 6) is 1.17. The van der Waals surface area contributed by atoms with Gasteiger partial charge in [-0.3, -0.25) is 0 Å². The zero-order valence-corrected chi connectivity index (χ0v) is 14.6. The topological polar surface area (TPSA) is 46.2 Å². The van der Waals surface area contributed by atoms with Gasteiger partial charge in [-0.25, -0.2) is 8.42 Å². The molecule has 1 fully saturated rings. The summed E-state index contributed by atoms with van der Waals surface area (Å²) in [7, 11) is -0.934. The third-order valence-electron chi connectivity index (χ3n) is 3.90. The Balaban J connectivity index is 2.13. The Morgan fingerprint density at radius 2 is 2.25 bits per heavy atom. The van der Waals surface area contributed by atoms with Crippen molar-refractivity contribution in [1.29, 1.82) is 0 Å². The Kier molecular flexibility index (Phi) is 5.51. The molecule has 1 aliphatic rings. The number of sulfone groups is 1. The van der Waals surface area contributed by atoms with Gasteiger partial charge in [0.2, 0.25) is 0 Å². The van der Waals surface area contributed by atoms with Crippen molar-refractivity contribution in [2.75, 3.05) is 25.1 Å². The highest BCUT2D eigenvalue weighted by atomic mass is 79.9. The van der Waals surface area contributed by atoms with E-state index in [1.165, 1.54) is 0 Å². The van der Waals surface area contributed by atoms with Crippen LogP contribution in [0.25, 0.3) is 0 Å². The lowest BCUT2D eigenvalue weighted by molar-refractivity contribution is 0.352. The molecule has 1 aromatic carbocycles. The van der Waals surface area contributed by atoms with E-state index in [1.54, 1.807) is 0 Å². The van der Waals surface area contributed by atoms with Crippen molar-refractivity contribution in [2.45, 2.75) is 12.8 Å². The molecule has 1 N–H and O–H groups in total. The standard InChI is InChI=1S/C14H19BrClNO2S/c1-17-8-12(11-4-5-20(18,19)9-11)6-10-2-3-13(15)7-14(10)16/h2-3,7,11-12,17H,4-6,8-9H2,1H3. The van der Waals surface area contributed by atoms with Crippen molar-refractivity contribution in [2.24, 2.45) is 11.8 Å². The Morgan fingerprint density at radius 3 is 2.80 bits per heavy atom. The van der Waals surface area contributed by atoms with Gasteiger partial charge in [0.1, 0.15) is 0 Å². The Bertz CT molecular complexity index is 577. The molecule has 20 heavy (non-hydrogen) atoms. The average molecular weight is 381 g/mol. The number of nitrogens with one attached hydrogen (secondary N) is 1. The molecule has 1 saturated heterocycles. The summed E-state index contributed by atoms with van der Waals surface area (Å²) >= 11 is 9.67. The van der Waals surface area contributed by atoms with Gasteiger partial charge in [-0.15, -0.1) is 0 Å². The summed E-state index contributed by atoms with van der Waals surface area (Å²) in [6.45, 7) is 0.812. The summed E-state index contributed by atoms with van der Waals surface area (Å²) in [6, 6.07) is 5.88. The van der Waals surface area contributed by atoms with E-state index < -0.39 is 9.84 Å². The minimum absolute atomic E-state index is 0.229. The van der Waals surface area contributed by atoms with Gasteiger partial charge < -0.3 is 5.32 Å². The van der Waals surface area contributed by atoms with E-state index in [1.807, 2.05) is 25.2 Å². The summed E-state index contributed by atoms with van der Waals surface area (Å²) in [4.78, 5) is 0. The van der Waals surface area contributed by atoms with Crippen LogP contribution in [0, 0.1) is 11.8 Å². The molecule has 1 heterocycles. The van der Waals surface area contributed by atoms with Crippen LogP contribution in [0.1, 0.15) is 12.0 Å². The fourth-order valence-corrected chi connectivity index (χ4v) is 5.50. The molecule has 0 aliphatic carbocycles. The third-order valence-corrected chi connectivity index (χ3v) is 6.54. The number of rotatable bonds is 5. The predicted octanol–water partition coefficient (Wildman–Crippen LogP) is 2.92. The van der Waals surface area contributed by atoms with Crippen LogP contribution >= 0.6 is 27.5 Å². The Labute approximate surface area is 134 Å². The van der Waals surface area contributed by atoms with Crippen molar-refractivity contribution >= 4 is 37.4 Å². The molecule has 0 spiro atoms. The monoisotopic (exact) mass is 379 g/mol. The fraction of sp³-hybridized carbons (Fsp3) is 0.571. The smallest absolute Gasteiger partial charge is 0.150 e. The first kappa shape index (κ1) is 16.3. The maximum Gasteiger partial charge on any atom is 0.150 e. The number of halogens is 2. The number of hydrogen-bond donors (Lipinski definition) is 1. The van der Waals surface area contributed by atoms with Gasteiger partial charge >= 0.3 is 0 Å². The van der Waals surface area contributed by atoms with Crippen molar-refractivity contribution in [3.63, 3.8) is 0 Å². The highest BCUT2D eigenvalue weighted by Crippen LogP contribution is 2.31. The Hall–Kier alpha value is -0.100. The van der Waals surface area contributed by atoms with E-state index >= 15 is 0 Å². The molecule has 1 aromatic rings. The fourth-order valence-electron chi connectivity index (χ4n) is 2.83. The first-order valence-corrected chi connectivity index (χ1v) is 9.69. The van der Waals surface area contributed by atoms with Crippen LogP contribution in [0.2, 0.25) is 5.02 Å². The molecular weight excluding hydrogens is 362 g/mol. The minimum atomic E-state index is -2.84. The highest BCUT2D eigenvalue weighted by Gasteiger charge is 2.33. The lowest BCUT2D eigenvalue weighted by atomic mass is 9.86. The largest absolute Gasteiger partial charge is 0.319 e. The van der Waals surface area contributed by atoms with E-state index in [-0.39, 0.29) is 5.92 Å². The summed E-state index contributed by atoms with van der Waals surface area (Å²) < 4.78 is 24.3. The molecule has 2 atom stereocenters. The van der Waals surface area contributed by atoms with Crippen LogP contribution in [0.3, 0.4) is 0 Å². The second-order valence-corrected chi connectivity index (χ2v) is 8.97. The molecule has 2 rings (SSSR count). The molecule has 1 aliphatic heterocycles. The quantitative estimate of drug-likeness (QED) is 0.854. The molecular formula is C14H19BrClNO2S. The SMILES string of the molecule is CNCC(Cc1ccc(Br)cc1Cl)C1CCS(=O)(=O)C1. The normalized spacial score (nSPS) is 22.9. The van der Waals surface area contributed by atoms with E-state index in [9.17, 15) is 8.42 Å². The van der Waals surface area contributed by atoms with E-state index in [4.69, 9.17) is 11.6 Å². The van der Waals surface area contributed by atoms with Gasteiger partial charge in [-0.05, 0) is 56.0 Å². The molecule has 0 aromatic heterocycles. The third kappa shape index (κ3) is 4.20. The highest BCUT2D eigenvalue weighted by molar-refractivity contribution is 9.10. The van der Waals surface area contributed by atoms with E-state index in [2.05, 4.69) is 21.2 Å². The van der Waals surface area contributed by atoms with Crippen LogP contribution in [0.4, 0.5) is 0 Å². The maximum absolute atomic E-state index is 11.7. The van der Waals surface area contributed by atoms with Gasteiger partial charge in [0, 0.05) is 9.50 Å². The molecule has 0 amide bonds. The van der Waals surface area contributed by atoms with Crippen LogP contribution in [0.15, 0.2) is 22.7 Å². The summed E-state index contributed by atoms with van der Waals surface area (Å²) in [5, 5.41) is 3.91. The second-order valence-electron chi connectivity index (χ2n) is 5.42. The molecule has 0 radical (unpaired) electrons. The lowest BCUT2D eigenvalue weighted by Gasteiger charge is -2.23. The Morgan fingerprint density at radius 1 is 1.50 bits per heavy atom.